The Hall–Kier alpha value is -2.94. The average molecular weight is 375 g/mol. The molecule has 1 heterocycles. The summed E-state index contributed by atoms with van der Waals surface area (Å²) in [6, 6.07) is 18.3. The Morgan fingerprint density at radius 2 is 1.93 bits per heavy atom. The van der Waals surface area contributed by atoms with Crippen molar-refractivity contribution >= 4 is 17.0 Å². The van der Waals surface area contributed by atoms with Crippen molar-refractivity contribution in [2.75, 3.05) is 6.61 Å². The number of benzene rings is 2. The molecule has 0 saturated carbocycles. The van der Waals surface area contributed by atoms with Crippen molar-refractivity contribution in [3.63, 3.8) is 0 Å². The third-order valence-electron chi connectivity index (χ3n) is 4.51. The molecule has 0 spiro atoms. The van der Waals surface area contributed by atoms with E-state index in [-0.39, 0.29) is 0 Å². The van der Waals surface area contributed by atoms with E-state index in [2.05, 4.69) is 36.9 Å². The molecular formula is C25H26FNO. The van der Waals surface area contributed by atoms with Crippen LogP contribution >= 0.6 is 0 Å². The maximum Gasteiger partial charge on any atom is 0.119 e. The maximum atomic E-state index is 12.8. The van der Waals surface area contributed by atoms with E-state index in [1.54, 1.807) is 13.0 Å². The van der Waals surface area contributed by atoms with Gasteiger partial charge in [0.05, 0.1) is 17.4 Å². The summed E-state index contributed by atoms with van der Waals surface area (Å²) in [7, 11) is 0. The minimum absolute atomic E-state index is 0.499. The van der Waals surface area contributed by atoms with Crippen molar-refractivity contribution in [2.24, 2.45) is 0 Å². The molecule has 0 aliphatic carbocycles. The first kappa shape index (κ1) is 19.8. The molecule has 0 fully saturated rings. The van der Waals surface area contributed by atoms with E-state index in [1.807, 2.05) is 36.4 Å². The fourth-order valence-corrected chi connectivity index (χ4v) is 3.02. The number of hydrogen-bond acceptors (Lipinski definition) is 2. The smallest absolute Gasteiger partial charge is 0.119 e. The van der Waals surface area contributed by atoms with Gasteiger partial charge in [0.25, 0.3) is 0 Å². The summed E-state index contributed by atoms with van der Waals surface area (Å²) in [4.78, 5) is 4.78. The van der Waals surface area contributed by atoms with Gasteiger partial charge in [0.15, 0.2) is 0 Å². The van der Waals surface area contributed by atoms with Gasteiger partial charge in [-0.1, -0.05) is 36.9 Å². The number of alkyl halides is 1. The van der Waals surface area contributed by atoms with Crippen LogP contribution in [-0.4, -0.2) is 17.8 Å². The van der Waals surface area contributed by atoms with Gasteiger partial charge >= 0.3 is 0 Å². The van der Waals surface area contributed by atoms with E-state index in [1.165, 1.54) is 0 Å². The molecule has 144 valence electrons. The Morgan fingerprint density at radius 3 is 2.68 bits per heavy atom. The molecule has 0 bridgehead atoms. The Balaban J connectivity index is 1.70. The number of halogens is 1. The number of nitrogens with zero attached hydrogens (tertiary/aromatic N) is 1. The van der Waals surface area contributed by atoms with Gasteiger partial charge in [-0.3, -0.25) is 0 Å². The quantitative estimate of drug-likeness (QED) is 0.296. The van der Waals surface area contributed by atoms with Crippen molar-refractivity contribution in [2.45, 2.75) is 32.4 Å². The van der Waals surface area contributed by atoms with E-state index < -0.39 is 6.17 Å². The highest BCUT2D eigenvalue weighted by Crippen LogP contribution is 2.24. The number of hydrogen-bond donors (Lipinski definition) is 0. The van der Waals surface area contributed by atoms with Crippen LogP contribution in [0.5, 0.6) is 5.75 Å². The monoisotopic (exact) mass is 375 g/mol. The first-order chi connectivity index (χ1) is 13.7. The summed E-state index contributed by atoms with van der Waals surface area (Å²) in [5, 5.41) is 1.11. The highest BCUT2D eigenvalue weighted by atomic mass is 19.1. The number of unbranched alkanes of at least 4 members (excludes halogenated alkanes) is 1. The topological polar surface area (TPSA) is 22.1 Å². The first-order valence-electron chi connectivity index (χ1n) is 9.71. The second-order valence-electron chi connectivity index (χ2n) is 6.89. The molecule has 2 nitrogen and oxygen atoms in total. The van der Waals surface area contributed by atoms with Gasteiger partial charge < -0.3 is 4.74 Å². The van der Waals surface area contributed by atoms with Crippen LogP contribution in [0.15, 0.2) is 73.3 Å². The highest BCUT2D eigenvalue weighted by molar-refractivity contribution is 5.83. The second-order valence-corrected chi connectivity index (χ2v) is 6.89. The van der Waals surface area contributed by atoms with Crippen LogP contribution in [0.4, 0.5) is 4.39 Å². The van der Waals surface area contributed by atoms with Crippen molar-refractivity contribution in [1.82, 2.24) is 4.98 Å². The predicted molar refractivity (Wildman–Crippen MR) is 116 cm³/mol. The summed E-state index contributed by atoms with van der Waals surface area (Å²) in [6.45, 7) is 5.76. The summed E-state index contributed by atoms with van der Waals surface area (Å²) >= 11 is 0. The van der Waals surface area contributed by atoms with Crippen molar-refractivity contribution in [1.29, 1.82) is 0 Å². The minimum Gasteiger partial charge on any atom is -0.490 e. The van der Waals surface area contributed by atoms with Crippen LogP contribution in [0.3, 0.4) is 0 Å². The summed E-state index contributed by atoms with van der Waals surface area (Å²) < 4.78 is 18.3. The predicted octanol–water partition coefficient (Wildman–Crippen LogP) is 7.01. The standard InChI is InChI=1S/C25H26FNO/c1-3-17-28-23-13-10-21(11-14-23)24-16-12-22-18-20(9-15-25(22)27-24)8-6-4-5-7-19(2)26/h3,6,8-16,18-19H,1,4-5,7,17H2,2H3/b8-6+. The molecule has 0 aliphatic heterocycles. The van der Waals surface area contributed by atoms with E-state index >= 15 is 0 Å². The van der Waals surface area contributed by atoms with Gasteiger partial charge in [-0.2, -0.15) is 0 Å². The molecule has 0 amide bonds. The van der Waals surface area contributed by atoms with Gasteiger partial charge in [0, 0.05) is 10.9 Å². The fourth-order valence-electron chi connectivity index (χ4n) is 3.02. The SMILES string of the molecule is C=CCOc1ccc(-c2ccc3cc(/C=C/CCCC(C)F)ccc3n2)cc1. The molecule has 0 aliphatic rings. The number of aromatic nitrogens is 1. The van der Waals surface area contributed by atoms with Crippen molar-refractivity contribution < 1.29 is 9.13 Å². The Labute approximate surface area is 166 Å². The Kier molecular flexibility index (Phi) is 6.96. The molecule has 0 saturated heterocycles. The Bertz CT molecular complexity index is 944. The van der Waals surface area contributed by atoms with Gasteiger partial charge in [-0.15, -0.1) is 0 Å². The Morgan fingerprint density at radius 1 is 1.11 bits per heavy atom. The molecule has 1 unspecified atom stereocenters. The molecule has 3 heteroatoms. The molecule has 28 heavy (non-hydrogen) atoms. The lowest BCUT2D eigenvalue weighted by Crippen LogP contribution is -1.92. The first-order valence-corrected chi connectivity index (χ1v) is 9.71. The zero-order chi connectivity index (χ0) is 19.8. The maximum absolute atomic E-state index is 12.8. The molecule has 0 N–H and O–H groups in total. The number of ether oxygens (including phenoxy) is 1. The molecule has 3 aromatic rings. The minimum atomic E-state index is -0.717. The van der Waals surface area contributed by atoms with Crippen LogP contribution in [0.1, 0.15) is 31.7 Å². The second kappa shape index (κ2) is 9.84. The molecule has 1 aromatic heterocycles. The lowest BCUT2D eigenvalue weighted by Gasteiger charge is -2.06. The van der Waals surface area contributed by atoms with Crippen LogP contribution in [-0.2, 0) is 0 Å². The van der Waals surface area contributed by atoms with Crippen molar-refractivity contribution in [3.05, 3.63) is 78.9 Å². The zero-order valence-electron chi connectivity index (χ0n) is 16.3. The van der Waals surface area contributed by atoms with E-state index in [4.69, 9.17) is 9.72 Å². The van der Waals surface area contributed by atoms with Gasteiger partial charge in [-0.25, -0.2) is 9.37 Å². The number of allylic oxidation sites excluding steroid dienone is 1. The van der Waals surface area contributed by atoms with E-state index in [0.29, 0.717) is 13.0 Å². The molecule has 0 radical (unpaired) electrons. The number of fused-ring (bicyclic) bond motifs is 1. The molecular weight excluding hydrogens is 349 g/mol. The lowest BCUT2D eigenvalue weighted by atomic mass is 10.1. The summed E-state index contributed by atoms with van der Waals surface area (Å²) in [5.74, 6) is 0.821. The molecule has 1 atom stereocenters. The van der Waals surface area contributed by atoms with Crippen LogP contribution in [0, 0.1) is 0 Å². The third kappa shape index (κ3) is 5.53. The molecule has 3 rings (SSSR count). The normalized spacial score (nSPS) is 12.4. The van der Waals surface area contributed by atoms with Gasteiger partial charge in [-0.05, 0) is 74.2 Å². The number of pyridine rings is 1. The van der Waals surface area contributed by atoms with E-state index in [9.17, 15) is 4.39 Å². The lowest BCUT2D eigenvalue weighted by molar-refractivity contribution is 0.335. The highest BCUT2D eigenvalue weighted by Gasteiger charge is 2.03. The zero-order valence-corrected chi connectivity index (χ0v) is 16.3. The van der Waals surface area contributed by atoms with Gasteiger partial charge in [0.2, 0.25) is 0 Å². The summed E-state index contributed by atoms with van der Waals surface area (Å²) in [5.41, 5.74) is 4.09. The molecule has 2 aromatic carbocycles. The average Bonchev–Trinajstić information content (AvgIpc) is 2.71. The number of rotatable bonds is 9. The third-order valence-corrected chi connectivity index (χ3v) is 4.51. The largest absolute Gasteiger partial charge is 0.490 e. The fraction of sp³-hybridized carbons (Fsp3) is 0.240. The van der Waals surface area contributed by atoms with Crippen molar-refractivity contribution in [3.8, 4) is 17.0 Å². The van der Waals surface area contributed by atoms with Crippen LogP contribution in [0.2, 0.25) is 0 Å². The van der Waals surface area contributed by atoms with Crippen LogP contribution < -0.4 is 4.74 Å². The van der Waals surface area contributed by atoms with Crippen LogP contribution in [0.25, 0.3) is 28.2 Å². The summed E-state index contributed by atoms with van der Waals surface area (Å²) in [6.07, 6.45) is 7.62. The van der Waals surface area contributed by atoms with E-state index in [0.717, 1.165) is 46.3 Å². The van der Waals surface area contributed by atoms with Gasteiger partial charge in [0.1, 0.15) is 12.4 Å².